The van der Waals surface area contributed by atoms with Crippen LogP contribution < -0.4 is 9.64 Å². The molecule has 2 N–H and O–H groups in total. The van der Waals surface area contributed by atoms with Gasteiger partial charge in [-0.05, 0) is 54.3 Å². The molecule has 1 aliphatic heterocycles. The highest BCUT2D eigenvalue weighted by Crippen LogP contribution is 2.45. The molecule has 0 aliphatic carbocycles. The van der Waals surface area contributed by atoms with Crippen molar-refractivity contribution >= 4 is 49.7 Å². The molecule has 9 heteroatoms. The molecule has 0 saturated carbocycles. The van der Waals surface area contributed by atoms with Gasteiger partial charge in [-0.25, -0.2) is 4.98 Å². The fourth-order valence-corrected chi connectivity index (χ4v) is 5.54. The van der Waals surface area contributed by atoms with E-state index in [0.29, 0.717) is 33.4 Å². The first-order valence-corrected chi connectivity index (χ1v) is 11.8. The highest BCUT2D eigenvalue weighted by molar-refractivity contribution is 7.22. The minimum absolute atomic E-state index is 0.0140. The molecule has 1 amide bonds. The Balaban J connectivity index is 1.65. The SMILES string of the molecule is CCOc1ccc2nc(N3C(=O)C(O)=C(C(=O)c4cccs4)C3c3cccc(O)c3)sc2c1. The monoisotopic (exact) mass is 478 g/mol. The van der Waals surface area contributed by atoms with Gasteiger partial charge in [0.05, 0.1) is 33.3 Å². The molecule has 166 valence electrons. The minimum atomic E-state index is -0.939. The number of rotatable bonds is 6. The van der Waals surface area contributed by atoms with Crippen LogP contribution in [0, 0.1) is 0 Å². The van der Waals surface area contributed by atoms with E-state index in [4.69, 9.17) is 4.74 Å². The van der Waals surface area contributed by atoms with Crippen molar-refractivity contribution in [3.8, 4) is 11.5 Å². The standard InChI is InChI=1S/C24H18N2O5S2/c1-2-31-15-8-9-16-18(12-15)33-24(25-16)26-20(13-5-3-6-14(27)11-13)19(22(29)23(26)30)21(28)17-7-4-10-32-17/h3-12,20,27,29H,2H2,1H3. The van der Waals surface area contributed by atoms with Crippen molar-refractivity contribution in [2.75, 3.05) is 11.5 Å². The van der Waals surface area contributed by atoms with Crippen molar-refractivity contribution in [1.29, 1.82) is 0 Å². The highest BCUT2D eigenvalue weighted by Gasteiger charge is 2.46. The number of phenolic OH excluding ortho intramolecular Hbond substituents is 1. The Kier molecular flexibility index (Phi) is 5.35. The van der Waals surface area contributed by atoms with E-state index in [0.717, 1.165) is 4.70 Å². The van der Waals surface area contributed by atoms with Gasteiger partial charge in [0.15, 0.2) is 10.9 Å². The van der Waals surface area contributed by atoms with E-state index in [1.165, 1.54) is 39.7 Å². The molecule has 1 aliphatic rings. The number of nitrogens with zero attached hydrogens (tertiary/aromatic N) is 2. The summed E-state index contributed by atoms with van der Waals surface area (Å²) in [6.45, 7) is 2.42. The van der Waals surface area contributed by atoms with Crippen LogP contribution in [0.4, 0.5) is 5.13 Å². The molecule has 7 nitrogen and oxygen atoms in total. The Labute approximate surface area is 196 Å². The molecule has 1 atom stereocenters. The number of anilines is 1. The minimum Gasteiger partial charge on any atom is -0.508 e. The Bertz CT molecular complexity index is 1410. The first-order chi connectivity index (χ1) is 16.0. The summed E-state index contributed by atoms with van der Waals surface area (Å²) in [6, 6.07) is 14.2. The van der Waals surface area contributed by atoms with Crippen molar-refractivity contribution in [3.05, 3.63) is 81.8 Å². The van der Waals surface area contributed by atoms with Crippen LogP contribution in [0.1, 0.15) is 28.2 Å². The van der Waals surface area contributed by atoms with E-state index in [2.05, 4.69) is 4.98 Å². The van der Waals surface area contributed by atoms with Gasteiger partial charge in [0.1, 0.15) is 11.5 Å². The number of benzene rings is 2. The maximum Gasteiger partial charge on any atom is 0.296 e. The molecule has 33 heavy (non-hydrogen) atoms. The van der Waals surface area contributed by atoms with E-state index in [-0.39, 0.29) is 11.3 Å². The van der Waals surface area contributed by atoms with Crippen LogP contribution in [-0.4, -0.2) is 33.5 Å². The van der Waals surface area contributed by atoms with Gasteiger partial charge in [-0.1, -0.05) is 29.5 Å². The average Bonchev–Trinajstić information content (AvgIpc) is 3.52. The second kappa shape index (κ2) is 8.34. The number of hydrogen-bond donors (Lipinski definition) is 2. The van der Waals surface area contributed by atoms with Crippen LogP contribution in [0.5, 0.6) is 11.5 Å². The number of aliphatic hydroxyl groups is 1. The van der Waals surface area contributed by atoms with Crippen LogP contribution in [-0.2, 0) is 4.79 Å². The molecular formula is C24H18N2O5S2. The summed E-state index contributed by atoms with van der Waals surface area (Å²) >= 11 is 2.49. The number of thiophene rings is 1. The summed E-state index contributed by atoms with van der Waals surface area (Å²) < 4.78 is 6.36. The Hall–Kier alpha value is -3.69. The molecule has 0 spiro atoms. The van der Waals surface area contributed by atoms with Crippen LogP contribution in [0.2, 0.25) is 0 Å². The third kappa shape index (κ3) is 3.65. The largest absolute Gasteiger partial charge is 0.508 e. The zero-order valence-corrected chi connectivity index (χ0v) is 19.0. The summed E-state index contributed by atoms with van der Waals surface area (Å²) in [5.74, 6) is -1.10. The van der Waals surface area contributed by atoms with Crippen LogP contribution in [0.3, 0.4) is 0 Å². The van der Waals surface area contributed by atoms with Crippen molar-refractivity contribution in [3.63, 3.8) is 0 Å². The fraction of sp³-hybridized carbons (Fsp3) is 0.125. The van der Waals surface area contributed by atoms with E-state index < -0.39 is 23.5 Å². The van der Waals surface area contributed by atoms with Gasteiger partial charge in [0.25, 0.3) is 5.91 Å². The second-order valence-corrected chi connectivity index (χ2v) is 9.26. The number of hydrogen-bond acceptors (Lipinski definition) is 8. The quantitative estimate of drug-likeness (QED) is 0.368. The number of aliphatic hydroxyl groups excluding tert-OH is 1. The Morgan fingerprint density at radius 2 is 2.00 bits per heavy atom. The molecule has 5 rings (SSSR count). The second-order valence-electron chi connectivity index (χ2n) is 7.30. The van der Waals surface area contributed by atoms with Gasteiger partial charge in [-0.15, -0.1) is 11.3 Å². The van der Waals surface area contributed by atoms with Crippen molar-refractivity contribution in [2.24, 2.45) is 0 Å². The molecule has 2 aromatic carbocycles. The molecular weight excluding hydrogens is 460 g/mol. The zero-order chi connectivity index (χ0) is 23.1. The Morgan fingerprint density at radius 3 is 2.73 bits per heavy atom. The molecule has 1 unspecified atom stereocenters. The van der Waals surface area contributed by atoms with Gasteiger partial charge in [0, 0.05) is 0 Å². The van der Waals surface area contributed by atoms with Crippen molar-refractivity contribution < 1.29 is 24.5 Å². The first kappa shape index (κ1) is 21.2. The van der Waals surface area contributed by atoms with Gasteiger partial charge in [-0.3, -0.25) is 14.5 Å². The number of ketones is 1. The van der Waals surface area contributed by atoms with Crippen molar-refractivity contribution in [1.82, 2.24) is 4.98 Å². The van der Waals surface area contributed by atoms with E-state index in [9.17, 15) is 19.8 Å². The lowest BCUT2D eigenvalue weighted by molar-refractivity contribution is -0.117. The van der Waals surface area contributed by atoms with Crippen molar-refractivity contribution in [2.45, 2.75) is 13.0 Å². The lowest BCUT2D eigenvalue weighted by atomic mass is 9.95. The normalized spacial score (nSPS) is 16.1. The Morgan fingerprint density at radius 1 is 1.15 bits per heavy atom. The zero-order valence-electron chi connectivity index (χ0n) is 17.4. The number of carbonyl (C=O) groups excluding carboxylic acids is 2. The summed E-state index contributed by atoms with van der Waals surface area (Å²) in [7, 11) is 0. The first-order valence-electron chi connectivity index (χ1n) is 10.1. The average molecular weight is 479 g/mol. The lowest BCUT2D eigenvalue weighted by Gasteiger charge is -2.24. The van der Waals surface area contributed by atoms with Gasteiger partial charge < -0.3 is 14.9 Å². The molecule has 3 heterocycles. The number of aromatic nitrogens is 1. The predicted molar refractivity (Wildman–Crippen MR) is 127 cm³/mol. The fourth-order valence-electron chi connectivity index (χ4n) is 3.84. The third-order valence-corrected chi connectivity index (χ3v) is 7.14. The molecule has 4 aromatic rings. The summed E-state index contributed by atoms with van der Waals surface area (Å²) in [5, 5.41) is 23.0. The number of thiazole rings is 1. The van der Waals surface area contributed by atoms with E-state index in [1.54, 1.807) is 41.8 Å². The van der Waals surface area contributed by atoms with Gasteiger partial charge in [-0.2, -0.15) is 0 Å². The number of ether oxygens (including phenoxy) is 1. The lowest BCUT2D eigenvalue weighted by Crippen LogP contribution is -2.30. The predicted octanol–water partition coefficient (Wildman–Crippen LogP) is 5.25. The molecule has 0 fully saturated rings. The van der Waals surface area contributed by atoms with E-state index in [1.807, 2.05) is 13.0 Å². The van der Waals surface area contributed by atoms with E-state index >= 15 is 0 Å². The number of phenols is 1. The number of carbonyl (C=O) groups is 2. The molecule has 0 bridgehead atoms. The topological polar surface area (TPSA) is 100.0 Å². The smallest absolute Gasteiger partial charge is 0.296 e. The number of amides is 1. The summed E-state index contributed by atoms with van der Waals surface area (Å²) in [5.41, 5.74) is 1.11. The molecule has 0 saturated heterocycles. The maximum atomic E-state index is 13.3. The van der Waals surface area contributed by atoms with Crippen LogP contribution in [0.15, 0.2) is 71.3 Å². The van der Waals surface area contributed by atoms with Crippen LogP contribution >= 0.6 is 22.7 Å². The maximum absolute atomic E-state index is 13.3. The molecule has 2 aromatic heterocycles. The molecule has 0 radical (unpaired) electrons. The van der Waals surface area contributed by atoms with Crippen LogP contribution in [0.25, 0.3) is 10.2 Å². The highest BCUT2D eigenvalue weighted by atomic mass is 32.1. The summed E-state index contributed by atoms with van der Waals surface area (Å²) in [4.78, 5) is 32.9. The summed E-state index contributed by atoms with van der Waals surface area (Å²) in [6.07, 6.45) is 0. The number of Topliss-reactive ketones (excluding diaryl/α,β-unsaturated/α-hetero) is 1. The van der Waals surface area contributed by atoms with Gasteiger partial charge >= 0.3 is 0 Å². The number of fused-ring (bicyclic) bond motifs is 1. The number of aromatic hydroxyl groups is 1. The third-order valence-electron chi connectivity index (χ3n) is 5.25. The van der Waals surface area contributed by atoms with Gasteiger partial charge in [0.2, 0.25) is 5.78 Å².